The Balaban J connectivity index is 3.95. The van der Waals surface area contributed by atoms with Crippen LogP contribution in [-0.2, 0) is 28.6 Å². The summed E-state index contributed by atoms with van der Waals surface area (Å²) in [5.41, 5.74) is 0. The Morgan fingerprint density at radius 1 is 0.253 bits per heavy atom. The highest BCUT2D eigenvalue weighted by Crippen LogP contribution is 2.18. The van der Waals surface area contributed by atoms with Crippen LogP contribution in [0.4, 0.5) is 0 Å². The summed E-state index contributed by atoms with van der Waals surface area (Å²) in [6.45, 7) is 6.60. The van der Waals surface area contributed by atoms with Crippen molar-refractivity contribution in [1.29, 1.82) is 0 Å². The Morgan fingerprint density at radius 3 is 0.722 bits per heavy atom. The van der Waals surface area contributed by atoms with Crippen LogP contribution >= 0.6 is 0 Å². The molecule has 6 heteroatoms. The molecule has 0 bridgehead atoms. The molecule has 0 heterocycles. The molecule has 6 nitrogen and oxygen atoms in total. The average molecular weight is 1110 g/mol. The SMILES string of the molecule is CCCCCCC/C=C\C/C=C\C/C=C\CCCCCCCCCCCCCCCCC(=O)OCC(COC(=O)CCCCCCC)OC(=O)CCCCCCCCCCCCCCCCC/C=C\CCCCCCCCCC. The third-order valence-corrected chi connectivity index (χ3v) is 15.8. The minimum atomic E-state index is -0.768. The first kappa shape index (κ1) is 76.4. The lowest BCUT2D eigenvalue weighted by molar-refractivity contribution is -0.167. The molecule has 0 aliphatic heterocycles. The first-order chi connectivity index (χ1) is 39.0. The number of ether oxygens (including phenoxy) is 3. The van der Waals surface area contributed by atoms with Gasteiger partial charge in [0, 0.05) is 19.3 Å². The van der Waals surface area contributed by atoms with E-state index in [1.54, 1.807) is 0 Å². The summed E-state index contributed by atoms with van der Waals surface area (Å²) >= 11 is 0. The summed E-state index contributed by atoms with van der Waals surface area (Å²) in [5, 5.41) is 0. The van der Waals surface area contributed by atoms with Gasteiger partial charge < -0.3 is 14.2 Å². The van der Waals surface area contributed by atoms with Gasteiger partial charge in [0.05, 0.1) is 0 Å². The van der Waals surface area contributed by atoms with Crippen LogP contribution < -0.4 is 0 Å². The molecule has 1 unspecified atom stereocenters. The molecule has 0 aromatic carbocycles. The van der Waals surface area contributed by atoms with Crippen LogP contribution in [0, 0.1) is 0 Å². The lowest BCUT2D eigenvalue weighted by Gasteiger charge is -2.18. The van der Waals surface area contributed by atoms with Gasteiger partial charge in [-0.15, -0.1) is 0 Å². The average Bonchev–Trinajstić information content (AvgIpc) is 3.45. The van der Waals surface area contributed by atoms with E-state index in [1.807, 2.05) is 0 Å². The smallest absolute Gasteiger partial charge is 0.306 e. The fourth-order valence-corrected chi connectivity index (χ4v) is 10.5. The molecule has 0 spiro atoms. The zero-order valence-electron chi connectivity index (χ0n) is 53.2. The van der Waals surface area contributed by atoms with Gasteiger partial charge in [0.15, 0.2) is 6.10 Å². The fraction of sp³-hybridized carbons (Fsp3) is 0.849. The highest BCUT2D eigenvalue weighted by molar-refractivity contribution is 5.71. The standard InChI is InChI=1S/C73H134O6/c1-4-7-10-13-15-17-19-21-23-25-27-29-31-33-35-36-38-39-41-43-45-47-49-51-53-55-57-60-63-66-72(75)78-69-70(68-77-71(74)65-62-59-12-9-6-3)79-73(76)67-64-61-58-56-54-52-50-48-46-44-42-40-37-34-32-30-28-26-24-22-20-18-16-14-11-8-5-2/h19,21,25-28,31,33,70H,4-18,20,22-24,29-30,32,34-69H2,1-3H3/b21-19-,27-25-,28-26-,33-31-. The van der Waals surface area contributed by atoms with E-state index >= 15 is 0 Å². The number of carbonyl (C=O) groups is 3. The summed E-state index contributed by atoms with van der Waals surface area (Å²) < 4.78 is 16.8. The van der Waals surface area contributed by atoms with Crippen molar-refractivity contribution in [1.82, 2.24) is 0 Å². The van der Waals surface area contributed by atoms with Gasteiger partial charge in [-0.2, -0.15) is 0 Å². The normalized spacial score (nSPS) is 12.3. The molecule has 1 atom stereocenters. The lowest BCUT2D eigenvalue weighted by Crippen LogP contribution is -2.30. The van der Waals surface area contributed by atoms with Crippen molar-refractivity contribution in [2.75, 3.05) is 13.2 Å². The van der Waals surface area contributed by atoms with Gasteiger partial charge in [0.25, 0.3) is 0 Å². The van der Waals surface area contributed by atoms with Crippen molar-refractivity contribution in [2.45, 2.75) is 386 Å². The predicted molar refractivity (Wildman–Crippen MR) is 344 cm³/mol. The van der Waals surface area contributed by atoms with Gasteiger partial charge in [-0.05, 0) is 83.5 Å². The van der Waals surface area contributed by atoms with E-state index in [2.05, 4.69) is 69.4 Å². The third-order valence-electron chi connectivity index (χ3n) is 15.8. The molecule has 0 aliphatic rings. The van der Waals surface area contributed by atoms with Gasteiger partial charge >= 0.3 is 17.9 Å². The molecule has 462 valence electrons. The Bertz CT molecular complexity index is 1360. The molecule has 0 aromatic rings. The van der Waals surface area contributed by atoms with Crippen molar-refractivity contribution < 1.29 is 28.6 Å². The predicted octanol–water partition coefficient (Wildman–Crippen LogP) is 24.1. The van der Waals surface area contributed by atoms with Crippen LogP contribution in [0.3, 0.4) is 0 Å². The Hall–Kier alpha value is -2.63. The van der Waals surface area contributed by atoms with Crippen LogP contribution in [0.15, 0.2) is 48.6 Å². The second-order valence-electron chi connectivity index (χ2n) is 23.8. The molecule has 0 saturated carbocycles. The van der Waals surface area contributed by atoms with E-state index < -0.39 is 6.10 Å². The largest absolute Gasteiger partial charge is 0.462 e. The van der Waals surface area contributed by atoms with E-state index in [0.29, 0.717) is 19.3 Å². The monoisotopic (exact) mass is 1110 g/mol. The van der Waals surface area contributed by atoms with Crippen molar-refractivity contribution in [3.8, 4) is 0 Å². The van der Waals surface area contributed by atoms with E-state index in [1.165, 1.54) is 263 Å². The van der Waals surface area contributed by atoms with Crippen LogP contribution in [0.2, 0.25) is 0 Å². The Labute approximate surface area is 492 Å². The highest BCUT2D eigenvalue weighted by Gasteiger charge is 2.19. The Morgan fingerprint density at radius 2 is 0.456 bits per heavy atom. The maximum Gasteiger partial charge on any atom is 0.306 e. The summed E-state index contributed by atoms with van der Waals surface area (Å²) in [6.07, 6.45) is 86.3. The number of rotatable bonds is 65. The van der Waals surface area contributed by atoms with Gasteiger partial charge in [-0.3, -0.25) is 14.4 Å². The molecule has 0 aromatic heterocycles. The zero-order valence-corrected chi connectivity index (χ0v) is 53.2. The minimum absolute atomic E-state index is 0.0696. The first-order valence-electron chi connectivity index (χ1n) is 35.1. The number of unbranched alkanes of at least 4 members (excludes halogenated alkanes) is 46. The van der Waals surface area contributed by atoms with Gasteiger partial charge in [0.2, 0.25) is 0 Å². The van der Waals surface area contributed by atoms with Crippen LogP contribution in [0.1, 0.15) is 380 Å². The van der Waals surface area contributed by atoms with Gasteiger partial charge in [-0.1, -0.05) is 326 Å². The Kier molecular flexibility index (Phi) is 65.6. The topological polar surface area (TPSA) is 78.9 Å². The first-order valence-corrected chi connectivity index (χ1v) is 35.1. The number of allylic oxidation sites excluding steroid dienone is 8. The molecule has 0 aliphatic carbocycles. The van der Waals surface area contributed by atoms with Crippen molar-refractivity contribution >= 4 is 17.9 Å². The van der Waals surface area contributed by atoms with E-state index in [-0.39, 0.29) is 31.1 Å². The quantitative estimate of drug-likeness (QED) is 0.0261. The molecule has 0 radical (unpaired) electrons. The van der Waals surface area contributed by atoms with E-state index in [9.17, 15) is 14.4 Å². The molecule has 0 N–H and O–H groups in total. The summed E-state index contributed by atoms with van der Waals surface area (Å²) in [5.74, 6) is -0.862. The van der Waals surface area contributed by atoms with Crippen LogP contribution in [0.5, 0.6) is 0 Å². The van der Waals surface area contributed by atoms with Crippen LogP contribution in [-0.4, -0.2) is 37.2 Å². The minimum Gasteiger partial charge on any atom is -0.462 e. The highest BCUT2D eigenvalue weighted by atomic mass is 16.6. The number of esters is 3. The molecule has 0 rings (SSSR count). The maximum atomic E-state index is 12.9. The lowest BCUT2D eigenvalue weighted by atomic mass is 10.0. The van der Waals surface area contributed by atoms with Crippen molar-refractivity contribution in [3.05, 3.63) is 48.6 Å². The summed E-state index contributed by atoms with van der Waals surface area (Å²) in [6, 6.07) is 0. The van der Waals surface area contributed by atoms with Crippen molar-refractivity contribution in [3.63, 3.8) is 0 Å². The molecule has 0 fully saturated rings. The second kappa shape index (κ2) is 67.9. The number of carbonyl (C=O) groups excluding carboxylic acids is 3. The van der Waals surface area contributed by atoms with Crippen LogP contribution in [0.25, 0.3) is 0 Å². The summed E-state index contributed by atoms with van der Waals surface area (Å²) in [7, 11) is 0. The molecule has 0 amide bonds. The van der Waals surface area contributed by atoms with E-state index in [4.69, 9.17) is 14.2 Å². The molecule has 0 saturated heterocycles. The number of hydrogen-bond donors (Lipinski definition) is 0. The molecular formula is C73H134O6. The number of hydrogen-bond acceptors (Lipinski definition) is 6. The van der Waals surface area contributed by atoms with Gasteiger partial charge in [-0.25, -0.2) is 0 Å². The second-order valence-corrected chi connectivity index (χ2v) is 23.8. The third kappa shape index (κ3) is 66.1. The summed E-state index contributed by atoms with van der Waals surface area (Å²) in [4.78, 5) is 38.0. The molecular weight excluding hydrogens is 973 g/mol. The van der Waals surface area contributed by atoms with Gasteiger partial charge in [0.1, 0.15) is 13.2 Å². The van der Waals surface area contributed by atoms with E-state index in [0.717, 1.165) is 77.0 Å². The van der Waals surface area contributed by atoms with Crippen molar-refractivity contribution in [2.24, 2.45) is 0 Å². The fourth-order valence-electron chi connectivity index (χ4n) is 10.5. The molecule has 79 heavy (non-hydrogen) atoms. The maximum absolute atomic E-state index is 12.9. The zero-order chi connectivity index (χ0) is 57.1.